The van der Waals surface area contributed by atoms with Crippen molar-refractivity contribution in [3.63, 3.8) is 0 Å². The number of fused-ring (bicyclic) bond motifs is 2. The van der Waals surface area contributed by atoms with Crippen LogP contribution in [0.2, 0.25) is 0 Å². The Kier molecular flexibility index (Phi) is 7.35. The molecular formula is C32H30N4O6. The van der Waals surface area contributed by atoms with E-state index in [4.69, 9.17) is 18.9 Å². The molecule has 0 bridgehead atoms. The average Bonchev–Trinajstić information content (AvgIpc) is 3.33. The van der Waals surface area contributed by atoms with E-state index in [1.54, 1.807) is 49.2 Å². The quantitative estimate of drug-likeness (QED) is 0.225. The molecule has 10 nitrogen and oxygen atoms in total. The maximum Gasteiger partial charge on any atom is 0.282 e. The fraction of sp³-hybridized carbons (Fsp3) is 0.250. The van der Waals surface area contributed by atoms with Crippen LogP contribution in [0.25, 0.3) is 16.6 Å². The van der Waals surface area contributed by atoms with Crippen molar-refractivity contribution in [3.8, 4) is 34.6 Å². The summed E-state index contributed by atoms with van der Waals surface area (Å²) < 4.78 is 26.2. The Balaban J connectivity index is 1.30. The van der Waals surface area contributed by atoms with Crippen LogP contribution in [-0.4, -0.2) is 46.4 Å². The van der Waals surface area contributed by atoms with Crippen molar-refractivity contribution >= 4 is 16.7 Å². The summed E-state index contributed by atoms with van der Waals surface area (Å²) in [4.78, 5) is 35.9. The monoisotopic (exact) mass is 566 g/mol. The van der Waals surface area contributed by atoms with Crippen molar-refractivity contribution < 1.29 is 23.7 Å². The largest absolute Gasteiger partial charge is 0.493 e. The zero-order chi connectivity index (χ0) is 29.2. The minimum atomic E-state index is -0.280. The van der Waals surface area contributed by atoms with Crippen LogP contribution >= 0.6 is 0 Å². The lowest BCUT2D eigenvalue weighted by atomic mass is 9.99. The van der Waals surface area contributed by atoms with E-state index >= 15 is 0 Å². The highest BCUT2D eigenvalue weighted by Gasteiger charge is 2.27. The zero-order valence-corrected chi connectivity index (χ0v) is 23.6. The molecule has 3 aromatic carbocycles. The normalized spacial score (nSPS) is 12.5. The van der Waals surface area contributed by atoms with E-state index in [0.29, 0.717) is 58.3 Å². The van der Waals surface area contributed by atoms with E-state index in [0.717, 1.165) is 24.2 Å². The van der Waals surface area contributed by atoms with Crippen molar-refractivity contribution in [2.24, 2.45) is 0 Å². The lowest BCUT2D eigenvalue weighted by Gasteiger charge is -2.19. The number of benzene rings is 3. The minimum Gasteiger partial charge on any atom is -0.493 e. The van der Waals surface area contributed by atoms with Gasteiger partial charge in [0.2, 0.25) is 5.88 Å². The Labute approximate surface area is 242 Å². The number of nitrogens with zero attached hydrogens (tertiary/aromatic N) is 4. The van der Waals surface area contributed by atoms with E-state index in [1.165, 1.54) is 13.4 Å². The summed E-state index contributed by atoms with van der Waals surface area (Å²) in [5.41, 5.74) is 2.85. The maximum absolute atomic E-state index is 13.6. The first-order chi connectivity index (χ1) is 20.5. The Morgan fingerprint density at radius 1 is 0.857 bits per heavy atom. The van der Waals surface area contributed by atoms with Crippen molar-refractivity contribution in [1.29, 1.82) is 0 Å². The predicted molar refractivity (Wildman–Crippen MR) is 157 cm³/mol. The summed E-state index contributed by atoms with van der Waals surface area (Å²) in [6.45, 7) is 0.697. The second kappa shape index (κ2) is 11.4. The van der Waals surface area contributed by atoms with Crippen LogP contribution in [0, 0.1) is 0 Å². The number of carbonyl (C=O) groups excluding carboxylic acids is 1. The van der Waals surface area contributed by atoms with Gasteiger partial charge in [-0.2, -0.15) is 0 Å². The van der Waals surface area contributed by atoms with Crippen molar-refractivity contribution in [2.45, 2.75) is 32.2 Å². The number of hydrogen-bond acceptors (Lipinski definition) is 8. The number of methoxy groups -OCH3 is 3. The van der Waals surface area contributed by atoms with Gasteiger partial charge in [0.25, 0.3) is 5.56 Å². The molecule has 0 unspecified atom stereocenters. The number of ketones is 1. The van der Waals surface area contributed by atoms with E-state index < -0.39 is 0 Å². The third-order valence-corrected chi connectivity index (χ3v) is 7.46. The van der Waals surface area contributed by atoms with Crippen molar-refractivity contribution in [2.75, 3.05) is 21.3 Å². The van der Waals surface area contributed by atoms with Crippen LogP contribution in [0.5, 0.6) is 28.9 Å². The number of aromatic nitrogens is 4. The third kappa shape index (κ3) is 4.85. The molecule has 0 N–H and O–H groups in total. The molecule has 3 heterocycles. The van der Waals surface area contributed by atoms with Gasteiger partial charge in [0.1, 0.15) is 11.9 Å². The first-order valence-electron chi connectivity index (χ1n) is 13.7. The molecule has 0 saturated heterocycles. The average molecular weight is 567 g/mol. The lowest BCUT2D eigenvalue weighted by molar-refractivity contribution is 0.0990. The molecule has 10 heteroatoms. The Bertz CT molecular complexity index is 1840. The van der Waals surface area contributed by atoms with Crippen molar-refractivity contribution in [3.05, 3.63) is 94.2 Å². The number of para-hydroxylation sites is 1. The summed E-state index contributed by atoms with van der Waals surface area (Å²) in [7, 11) is 4.64. The zero-order valence-electron chi connectivity index (χ0n) is 23.6. The molecule has 0 aliphatic carbocycles. The van der Waals surface area contributed by atoms with Gasteiger partial charge in [-0.1, -0.05) is 24.3 Å². The van der Waals surface area contributed by atoms with Gasteiger partial charge in [0, 0.05) is 19.0 Å². The van der Waals surface area contributed by atoms with Crippen molar-refractivity contribution in [1.82, 2.24) is 19.3 Å². The van der Waals surface area contributed by atoms with Crippen LogP contribution in [0.3, 0.4) is 0 Å². The highest BCUT2D eigenvalue weighted by atomic mass is 16.5. The van der Waals surface area contributed by atoms with E-state index in [1.807, 2.05) is 35.0 Å². The van der Waals surface area contributed by atoms with Gasteiger partial charge in [0.05, 0.1) is 43.6 Å². The molecular weight excluding hydrogens is 536 g/mol. The van der Waals surface area contributed by atoms with Crippen LogP contribution in [0.1, 0.15) is 34.5 Å². The molecule has 42 heavy (non-hydrogen) atoms. The Hall–Kier alpha value is -5.12. The van der Waals surface area contributed by atoms with Gasteiger partial charge in [0.15, 0.2) is 28.8 Å². The predicted octanol–water partition coefficient (Wildman–Crippen LogP) is 5.16. The van der Waals surface area contributed by atoms with Crippen LogP contribution in [-0.2, 0) is 19.4 Å². The summed E-state index contributed by atoms with van der Waals surface area (Å²) in [5, 5.41) is 0.629. The number of hydrogen-bond donors (Lipinski definition) is 0. The molecule has 0 atom stereocenters. The number of carbonyl (C=O) groups is 1. The summed E-state index contributed by atoms with van der Waals surface area (Å²) >= 11 is 0. The van der Waals surface area contributed by atoms with Gasteiger partial charge in [-0.15, -0.1) is 0 Å². The van der Waals surface area contributed by atoms with Gasteiger partial charge in [-0.3, -0.25) is 14.3 Å². The van der Waals surface area contributed by atoms with E-state index in [2.05, 4.69) is 9.97 Å². The molecule has 214 valence electrons. The highest BCUT2D eigenvalue weighted by molar-refractivity contribution is 5.98. The van der Waals surface area contributed by atoms with E-state index in [-0.39, 0.29) is 23.3 Å². The number of ether oxygens (including phenoxy) is 4. The second-order valence-electron chi connectivity index (χ2n) is 9.94. The van der Waals surface area contributed by atoms with Crippen LogP contribution < -0.4 is 24.5 Å². The van der Waals surface area contributed by atoms with Crippen LogP contribution in [0.15, 0.2) is 71.8 Å². The molecule has 0 amide bonds. The van der Waals surface area contributed by atoms with Gasteiger partial charge in [-0.05, 0) is 55.2 Å². The Morgan fingerprint density at radius 3 is 2.36 bits per heavy atom. The molecule has 6 rings (SSSR count). The first kappa shape index (κ1) is 27.1. The summed E-state index contributed by atoms with van der Waals surface area (Å²) in [5.74, 6) is 1.99. The second-order valence-corrected chi connectivity index (χ2v) is 9.94. The number of Topliss-reactive ketones (excluding diaryl/α,β-unsaturated/α-hetero) is 1. The molecule has 1 aliphatic rings. The smallest absolute Gasteiger partial charge is 0.282 e. The molecule has 0 radical (unpaired) electrons. The standard InChI is InChI=1S/C32H30N4O6/c1-39-27-16-20(12-13-26(27)42-31-22-17-28(40-2)29(41-3)18-23(22)33-19-34-31)15-25(37)30-24-11-7-8-14-35(24)36(32(30)38)21-9-5-4-6-10-21/h4-6,9-10,12-13,16-19H,7-8,11,14-15H2,1-3H3. The summed E-state index contributed by atoms with van der Waals surface area (Å²) in [6.07, 6.45) is 4.04. The molecule has 0 saturated carbocycles. The topological polar surface area (TPSA) is 107 Å². The molecule has 0 fully saturated rings. The third-order valence-electron chi connectivity index (χ3n) is 7.46. The fourth-order valence-electron chi connectivity index (χ4n) is 5.46. The molecule has 0 spiro atoms. The van der Waals surface area contributed by atoms with Crippen LogP contribution in [0.4, 0.5) is 0 Å². The molecule has 2 aromatic heterocycles. The van der Waals surface area contributed by atoms with E-state index in [9.17, 15) is 9.59 Å². The molecule has 1 aliphatic heterocycles. The molecule has 5 aromatic rings. The van der Waals surface area contributed by atoms with Gasteiger partial charge in [-0.25, -0.2) is 14.6 Å². The highest BCUT2D eigenvalue weighted by Crippen LogP contribution is 2.38. The Morgan fingerprint density at radius 2 is 1.60 bits per heavy atom. The maximum atomic E-state index is 13.6. The fourth-order valence-corrected chi connectivity index (χ4v) is 5.46. The van der Waals surface area contributed by atoms with Gasteiger partial charge >= 0.3 is 0 Å². The SMILES string of the molecule is COc1cc2ncnc(Oc3ccc(CC(=O)c4c5n(n(-c6ccccc6)c4=O)CCCC5)cc3OC)c2cc1OC. The summed E-state index contributed by atoms with van der Waals surface area (Å²) in [6, 6.07) is 18.2. The minimum absolute atomic E-state index is 0.0467. The first-order valence-corrected chi connectivity index (χ1v) is 13.7. The number of rotatable bonds is 9. The lowest BCUT2D eigenvalue weighted by Crippen LogP contribution is -2.24. The van der Waals surface area contributed by atoms with Gasteiger partial charge < -0.3 is 18.9 Å².